The fraction of sp³-hybridized carbons (Fsp3) is 0.214. The SMILES string of the molecule is CCc1ccc([C@H]2CC(c3ccccc3)=NN2C2=NC(=O)[C@H](CC(=O)Nc3ccc(F)c(F)c3)S2)cc1. The standard InChI is InChI=1S/C28H24F2N4O2S/c1-2-17-8-10-19(11-9-17)24-15-23(18-6-4-3-5-7-18)33-34(24)28-32-27(36)25(37-28)16-26(35)31-20-12-13-21(29)22(30)14-20/h3-14,24-25H,2,15-16H2,1H3,(H,31,35)/t24-,25+/m1/s1. The maximum absolute atomic E-state index is 13.5. The molecule has 188 valence electrons. The highest BCUT2D eigenvalue weighted by Gasteiger charge is 2.39. The summed E-state index contributed by atoms with van der Waals surface area (Å²) >= 11 is 1.19. The number of aryl methyl sites for hydroxylation is 1. The van der Waals surface area contributed by atoms with Crippen molar-refractivity contribution in [2.45, 2.75) is 37.5 Å². The Labute approximate surface area is 217 Å². The van der Waals surface area contributed by atoms with E-state index in [1.54, 1.807) is 5.01 Å². The summed E-state index contributed by atoms with van der Waals surface area (Å²) in [7, 11) is 0. The smallest absolute Gasteiger partial charge is 0.262 e. The van der Waals surface area contributed by atoms with Gasteiger partial charge in [-0.2, -0.15) is 10.1 Å². The van der Waals surface area contributed by atoms with Gasteiger partial charge in [-0.15, -0.1) is 0 Å². The molecular formula is C28H24F2N4O2S. The van der Waals surface area contributed by atoms with Gasteiger partial charge in [0.15, 0.2) is 16.8 Å². The fourth-order valence-corrected chi connectivity index (χ4v) is 5.35. The van der Waals surface area contributed by atoms with Gasteiger partial charge in [-0.25, -0.2) is 13.8 Å². The molecule has 2 aliphatic heterocycles. The first-order valence-corrected chi connectivity index (χ1v) is 12.8. The highest BCUT2D eigenvalue weighted by Crippen LogP contribution is 2.38. The quantitative estimate of drug-likeness (QED) is 0.454. The zero-order valence-electron chi connectivity index (χ0n) is 20.0. The topological polar surface area (TPSA) is 74.1 Å². The Bertz CT molecular complexity index is 1390. The van der Waals surface area contributed by atoms with Gasteiger partial charge < -0.3 is 5.32 Å². The predicted octanol–water partition coefficient (Wildman–Crippen LogP) is 5.71. The van der Waals surface area contributed by atoms with E-state index in [0.29, 0.717) is 11.6 Å². The predicted molar refractivity (Wildman–Crippen MR) is 141 cm³/mol. The lowest BCUT2D eigenvalue weighted by Gasteiger charge is -2.23. The molecule has 0 radical (unpaired) electrons. The van der Waals surface area contributed by atoms with Crippen molar-refractivity contribution in [2.24, 2.45) is 10.1 Å². The molecule has 1 N–H and O–H groups in total. The summed E-state index contributed by atoms with van der Waals surface area (Å²) in [6.07, 6.45) is 1.42. The second-order valence-corrected chi connectivity index (χ2v) is 9.96. The van der Waals surface area contributed by atoms with Crippen molar-refractivity contribution in [1.82, 2.24) is 5.01 Å². The van der Waals surface area contributed by atoms with Gasteiger partial charge in [0.05, 0.1) is 11.8 Å². The Hall–Kier alpha value is -3.85. The Balaban J connectivity index is 1.34. The lowest BCUT2D eigenvalue weighted by molar-refractivity contribution is -0.121. The summed E-state index contributed by atoms with van der Waals surface area (Å²) in [6, 6.07) is 21.2. The molecule has 2 atom stereocenters. The third-order valence-electron chi connectivity index (χ3n) is 6.29. The molecule has 2 aliphatic rings. The van der Waals surface area contributed by atoms with Crippen LogP contribution >= 0.6 is 11.8 Å². The Kier molecular flexibility index (Phi) is 7.14. The minimum atomic E-state index is -1.06. The van der Waals surface area contributed by atoms with Gasteiger partial charge in [0.1, 0.15) is 5.25 Å². The third kappa shape index (κ3) is 5.46. The molecule has 5 rings (SSSR count). The van der Waals surface area contributed by atoms with E-state index in [0.717, 1.165) is 35.4 Å². The maximum Gasteiger partial charge on any atom is 0.262 e. The minimum Gasteiger partial charge on any atom is -0.326 e. The van der Waals surface area contributed by atoms with Crippen LogP contribution in [0.1, 0.15) is 42.5 Å². The Morgan fingerprint density at radius 2 is 1.81 bits per heavy atom. The van der Waals surface area contributed by atoms with Crippen molar-refractivity contribution < 1.29 is 18.4 Å². The molecule has 0 saturated heterocycles. The first kappa shape index (κ1) is 24.8. The highest BCUT2D eigenvalue weighted by atomic mass is 32.2. The molecule has 2 heterocycles. The largest absolute Gasteiger partial charge is 0.326 e. The van der Waals surface area contributed by atoms with Crippen molar-refractivity contribution in [3.05, 3.63) is 101 Å². The Morgan fingerprint density at radius 1 is 1.05 bits per heavy atom. The fourth-order valence-electron chi connectivity index (χ4n) is 4.29. The molecular weight excluding hydrogens is 494 g/mol. The van der Waals surface area contributed by atoms with E-state index in [-0.39, 0.29) is 18.2 Å². The van der Waals surface area contributed by atoms with E-state index in [1.807, 2.05) is 30.3 Å². The molecule has 6 nitrogen and oxygen atoms in total. The number of amides is 2. The van der Waals surface area contributed by atoms with Gasteiger partial charge >= 0.3 is 0 Å². The van der Waals surface area contributed by atoms with Crippen LogP contribution in [0, 0.1) is 11.6 Å². The zero-order chi connectivity index (χ0) is 25.9. The lowest BCUT2D eigenvalue weighted by Crippen LogP contribution is -2.25. The van der Waals surface area contributed by atoms with Crippen LogP contribution in [0.3, 0.4) is 0 Å². The molecule has 0 fully saturated rings. The number of thioether (sulfide) groups is 1. The number of carbonyl (C=O) groups is 2. The number of hydrogen-bond donors (Lipinski definition) is 1. The van der Waals surface area contributed by atoms with Crippen LogP contribution in [0.5, 0.6) is 0 Å². The lowest BCUT2D eigenvalue weighted by atomic mass is 9.97. The van der Waals surface area contributed by atoms with Gasteiger partial charge in [-0.1, -0.05) is 73.3 Å². The molecule has 0 bridgehead atoms. The molecule has 0 unspecified atom stereocenters. The molecule has 0 aromatic heterocycles. The normalized spacial score (nSPS) is 19.1. The molecule has 0 saturated carbocycles. The van der Waals surface area contributed by atoms with E-state index in [2.05, 4.69) is 41.5 Å². The van der Waals surface area contributed by atoms with Crippen LogP contribution in [-0.4, -0.2) is 33.0 Å². The number of anilines is 1. The minimum absolute atomic E-state index is 0.118. The summed E-state index contributed by atoms with van der Waals surface area (Å²) in [5.41, 5.74) is 4.29. The van der Waals surface area contributed by atoms with Gasteiger partial charge in [-0.05, 0) is 35.2 Å². The molecule has 9 heteroatoms. The summed E-state index contributed by atoms with van der Waals surface area (Å²) in [4.78, 5) is 29.5. The molecule has 0 aliphatic carbocycles. The van der Waals surface area contributed by atoms with Crippen LogP contribution in [0.4, 0.5) is 14.5 Å². The zero-order valence-corrected chi connectivity index (χ0v) is 20.8. The average molecular weight is 519 g/mol. The third-order valence-corrected chi connectivity index (χ3v) is 7.43. The molecule has 3 aromatic rings. The number of halogens is 2. The van der Waals surface area contributed by atoms with E-state index in [9.17, 15) is 18.4 Å². The van der Waals surface area contributed by atoms with Gasteiger partial charge in [-0.3, -0.25) is 9.59 Å². The molecule has 3 aromatic carbocycles. The first-order chi connectivity index (χ1) is 17.9. The first-order valence-electron chi connectivity index (χ1n) is 12.0. The summed E-state index contributed by atoms with van der Waals surface area (Å²) in [6.45, 7) is 2.10. The van der Waals surface area contributed by atoms with Crippen molar-refractivity contribution >= 4 is 40.1 Å². The van der Waals surface area contributed by atoms with Gasteiger partial charge in [0, 0.05) is 24.6 Å². The van der Waals surface area contributed by atoms with E-state index < -0.39 is 28.7 Å². The maximum atomic E-state index is 13.5. The number of nitrogens with one attached hydrogen (secondary N) is 1. The summed E-state index contributed by atoms with van der Waals surface area (Å²) < 4.78 is 26.6. The number of hydrogen-bond acceptors (Lipinski definition) is 5. The van der Waals surface area contributed by atoms with Crippen LogP contribution < -0.4 is 5.32 Å². The van der Waals surface area contributed by atoms with E-state index in [1.165, 1.54) is 23.4 Å². The van der Waals surface area contributed by atoms with Gasteiger partial charge in [0.25, 0.3) is 5.91 Å². The second-order valence-electron chi connectivity index (χ2n) is 8.79. The number of rotatable bonds is 6. The number of amidine groups is 1. The van der Waals surface area contributed by atoms with Crippen molar-refractivity contribution in [3.8, 4) is 0 Å². The van der Waals surface area contributed by atoms with Crippen LogP contribution in [0.25, 0.3) is 0 Å². The summed E-state index contributed by atoms with van der Waals surface area (Å²) in [5.74, 6) is -2.98. The number of aliphatic imine (C=N–C) groups is 1. The summed E-state index contributed by atoms with van der Waals surface area (Å²) in [5, 5.41) is 8.83. The van der Waals surface area contributed by atoms with Crippen LogP contribution in [-0.2, 0) is 16.0 Å². The van der Waals surface area contributed by atoms with Crippen molar-refractivity contribution in [3.63, 3.8) is 0 Å². The number of carbonyl (C=O) groups excluding carboxylic acids is 2. The monoisotopic (exact) mass is 518 g/mol. The number of nitrogens with zero attached hydrogens (tertiary/aromatic N) is 3. The number of benzene rings is 3. The van der Waals surface area contributed by atoms with E-state index in [4.69, 9.17) is 5.10 Å². The van der Waals surface area contributed by atoms with Crippen molar-refractivity contribution in [2.75, 3.05) is 5.32 Å². The van der Waals surface area contributed by atoms with Crippen molar-refractivity contribution in [1.29, 1.82) is 0 Å². The highest BCUT2D eigenvalue weighted by molar-refractivity contribution is 8.15. The van der Waals surface area contributed by atoms with Crippen LogP contribution in [0.2, 0.25) is 0 Å². The van der Waals surface area contributed by atoms with E-state index >= 15 is 0 Å². The molecule has 2 amide bonds. The van der Waals surface area contributed by atoms with Gasteiger partial charge in [0.2, 0.25) is 5.91 Å². The molecule has 0 spiro atoms. The molecule has 37 heavy (non-hydrogen) atoms. The Morgan fingerprint density at radius 3 is 2.51 bits per heavy atom. The van der Waals surface area contributed by atoms with Crippen LogP contribution in [0.15, 0.2) is 82.9 Å². The second kappa shape index (κ2) is 10.6. The number of hydrazone groups is 1. The average Bonchev–Trinajstić information content (AvgIpc) is 3.51.